The number of benzene rings is 1. The molecule has 0 unspecified atom stereocenters. The fraction of sp³-hybridized carbons (Fsp3) is 0.385. The van der Waals surface area contributed by atoms with Crippen molar-refractivity contribution in [1.82, 2.24) is 4.90 Å². The lowest BCUT2D eigenvalue weighted by Crippen LogP contribution is -2.44. The van der Waals surface area contributed by atoms with Crippen LogP contribution in [0.25, 0.3) is 0 Å². The maximum absolute atomic E-state index is 11.9. The second-order valence-corrected chi connectivity index (χ2v) is 6.33. The van der Waals surface area contributed by atoms with Crippen molar-refractivity contribution in [3.05, 3.63) is 28.7 Å². The largest absolute Gasteiger partial charge is 0.327 e. The van der Waals surface area contributed by atoms with E-state index in [0.29, 0.717) is 5.75 Å². The molecular formula is C13H15BrN2OS. The highest BCUT2D eigenvalue weighted by Gasteiger charge is 2.26. The molecule has 3 nitrogen and oxygen atoms in total. The minimum absolute atomic E-state index is 0.0468. The molecule has 1 aromatic rings. The SMILES string of the molecule is CN(C(=O)CSc1ccc(Br)cc1)C(C)(C)C#N. The summed E-state index contributed by atoms with van der Waals surface area (Å²) in [6, 6.07) is 9.91. The molecule has 0 saturated heterocycles. The average Bonchev–Trinajstić information content (AvgIpc) is 2.36. The standard InChI is InChI=1S/C13H15BrN2OS/c1-13(2,9-15)16(3)12(17)8-18-11-6-4-10(14)5-7-11/h4-7H,8H2,1-3H3. The molecule has 0 N–H and O–H groups in total. The highest BCUT2D eigenvalue weighted by molar-refractivity contribution is 9.10. The second kappa shape index (κ2) is 6.26. The number of thioether (sulfide) groups is 1. The number of nitriles is 1. The lowest BCUT2D eigenvalue weighted by molar-refractivity contribution is -0.130. The van der Waals surface area contributed by atoms with Crippen molar-refractivity contribution in [2.45, 2.75) is 24.3 Å². The summed E-state index contributed by atoms with van der Waals surface area (Å²) in [4.78, 5) is 14.5. The van der Waals surface area contributed by atoms with E-state index in [1.54, 1.807) is 20.9 Å². The molecule has 0 fully saturated rings. The normalized spacial score (nSPS) is 10.8. The van der Waals surface area contributed by atoms with Crippen LogP contribution in [0.5, 0.6) is 0 Å². The van der Waals surface area contributed by atoms with Crippen LogP contribution < -0.4 is 0 Å². The average molecular weight is 327 g/mol. The summed E-state index contributed by atoms with van der Waals surface area (Å²) in [5, 5.41) is 8.97. The molecule has 0 aromatic heterocycles. The minimum atomic E-state index is -0.767. The number of halogens is 1. The van der Waals surface area contributed by atoms with Crippen LogP contribution in [0.15, 0.2) is 33.6 Å². The summed E-state index contributed by atoms with van der Waals surface area (Å²) < 4.78 is 1.01. The van der Waals surface area contributed by atoms with Crippen LogP contribution in [0.4, 0.5) is 0 Å². The Labute approximate surface area is 120 Å². The topological polar surface area (TPSA) is 44.1 Å². The predicted molar refractivity (Wildman–Crippen MR) is 77.3 cm³/mol. The van der Waals surface area contributed by atoms with Gasteiger partial charge in [0.05, 0.1) is 11.8 Å². The first-order valence-corrected chi connectivity index (χ1v) is 7.21. The Morgan fingerprint density at radius 1 is 1.44 bits per heavy atom. The first-order valence-electron chi connectivity index (χ1n) is 5.43. The molecule has 18 heavy (non-hydrogen) atoms. The van der Waals surface area contributed by atoms with E-state index in [9.17, 15) is 4.79 Å². The Morgan fingerprint density at radius 2 is 2.00 bits per heavy atom. The summed E-state index contributed by atoms with van der Waals surface area (Å²) in [7, 11) is 1.66. The fourth-order valence-corrected chi connectivity index (χ4v) is 2.24. The van der Waals surface area contributed by atoms with Crippen LogP contribution in [-0.4, -0.2) is 29.1 Å². The number of hydrogen-bond donors (Lipinski definition) is 0. The van der Waals surface area contributed by atoms with Gasteiger partial charge in [-0.3, -0.25) is 4.79 Å². The zero-order valence-electron chi connectivity index (χ0n) is 10.6. The van der Waals surface area contributed by atoms with Gasteiger partial charge in [-0.25, -0.2) is 0 Å². The van der Waals surface area contributed by atoms with Crippen LogP contribution in [-0.2, 0) is 4.79 Å². The third-order valence-corrected chi connectivity index (χ3v) is 4.19. The van der Waals surface area contributed by atoms with Gasteiger partial charge >= 0.3 is 0 Å². The van der Waals surface area contributed by atoms with E-state index in [1.807, 2.05) is 24.3 Å². The molecule has 0 aliphatic heterocycles. The Bertz CT molecular complexity index is 465. The lowest BCUT2D eigenvalue weighted by Gasteiger charge is -2.29. The summed E-state index contributed by atoms with van der Waals surface area (Å²) in [6.07, 6.45) is 0. The van der Waals surface area contributed by atoms with Crippen LogP contribution in [0.2, 0.25) is 0 Å². The molecule has 0 spiro atoms. The molecule has 0 heterocycles. The molecule has 1 aromatic carbocycles. The molecule has 0 bridgehead atoms. The molecule has 0 atom stereocenters. The molecule has 96 valence electrons. The number of rotatable bonds is 4. The second-order valence-electron chi connectivity index (χ2n) is 4.37. The van der Waals surface area contributed by atoms with Gasteiger partial charge in [0.15, 0.2) is 0 Å². The fourth-order valence-electron chi connectivity index (χ4n) is 1.16. The first kappa shape index (κ1) is 15.1. The van der Waals surface area contributed by atoms with E-state index in [2.05, 4.69) is 22.0 Å². The summed E-state index contributed by atoms with van der Waals surface area (Å²) in [5.41, 5.74) is -0.767. The van der Waals surface area contributed by atoms with Gasteiger partial charge in [0, 0.05) is 16.4 Å². The smallest absolute Gasteiger partial charge is 0.233 e. The van der Waals surface area contributed by atoms with Gasteiger partial charge in [0.1, 0.15) is 5.54 Å². The quantitative estimate of drug-likeness (QED) is 0.797. The summed E-state index contributed by atoms with van der Waals surface area (Å²) in [5.74, 6) is 0.290. The third kappa shape index (κ3) is 4.04. The predicted octanol–water partition coefficient (Wildman–Crippen LogP) is 3.30. The van der Waals surface area contributed by atoms with Crippen LogP contribution in [0.1, 0.15) is 13.8 Å². The van der Waals surface area contributed by atoms with Crippen LogP contribution in [0.3, 0.4) is 0 Å². The maximum Gasteiger partial charge on any atom is 0.233 e. The van der Waals surface area contributed by atoms with Gasteiger partial charge < -0.3 is 4.90 Å². The van der Waals surface area contributed by atoms with E-state index >= 15 is 0 Å². The molecule has 0 aliphatic carbocycles. The Morgan fingerprint density at radius 3 is 2.50 bits per heavy atom. The monoisotopic (exact) mass is 326 g/mol. The molecule has 0 radical (unpaired) electrons. The molecule has 5 heteroatoms. The highest BCUT2D eigenvalue weighted by atomic mass is 79.9. The molecule has 0 saturated carbocycles. The first-order chi connectivity index (χ1) is 8.36. The van der Waals surface area contributed by atoms with Crippen molar-refractivity contribution in [3.63, 3.8) is 0 Å². The van der Waals surface area contributed by atoms with Gasteiger partial charge in [-0.2, -0.15) is 5.26 Å². The molecule has 1 rings (SSSR count). The van der Waals surface area contributed by atoms with Gasteiger partial charge in [-0.05, 0) is 38.1 Å². The number of hydrogen-bond acceptors (Lipinski definition) is 3. The van der Waals surface area contributed by atoms with Crippen molar-refractivity contribution in [1.29, 1.82) is 5.26 Å². The third-order valence-electron chi connectivity index (χ3n) is 2.66. The minimum Gasteiger partial charge on any atom is -0.327 e. The van der Waals surface area contributed by atoms with Gasteiger partial charge in [0.25, 0.3) is 0 Å². The van der Waals surface area contributed by atoms with Gasteiger partial charge in [0.2, 0.25) is 5.91 Å². The van der Waals surface area contributed by atoms with Gasteiger partial charge in [-0.15, -0.1) is 11.8 Å². The maximum atomic E-state index is 11.9. The number of nitrogens with zero attached hydrogens (tertiary/aromatic N) is 2. The Hall–Kier alpha value is -0.990. The molecular weight excluding hydrogens is 312 g/mol. The van der Waals surface area contributed by atoms with Crippen molar-refractivity contribution >= 4 is 33.6 Å². The van der Waals surface area contributed by atoms with Crippen LogP contribution >= 0.6 is 27.7 Å². The van der Waals surface area contributed by atoms with E-state index in [0.717, 1.165) is 9.37 Å². The Kier molecular flexibility index (Phi) is 5.24. The summed E-state index contributed by atoms with van der Waals surface area (Å²) >= 11 is 4.83. The van der Waals surface area contributed by atoms with E-state index in [4.69, 9.17) is 5.26 Å². The van der Waals surface area contributed by atoms with Crippen molar-refractivity contribution in [3.8, 4) is 6.07 Å². The van der Waals surface area contributed by atoms with Crippen molar-refractivity contribution < 1.29 is 4.79 Å². The molecule has 0 aliphatic rings. The summed E-state index contributed by atoms with van der Waals surface area (Å²) in [6.45, 7) is 3.46. The lowest BCUT2D eigenvalue weighted by atomic mass is 10.1. The number of amides is 1. The zero-order chi connectivity index (χ0) is 13.8. The van der Waals surface area contributed by atoms with Gasteiger partial charge in [-0.1, -0.05) is 15.9 Å². The van der Waals surface area contributed by atoms with E-state index in [1.165, 1.54) is 16.7 Å². The highest BCUT2D eigenvalue weighted by Crippen LogP contribution is 2.22. The Balaban J connectivity index is 2.57. The van der Waals surface area contributed by atoms with Crippen LogP contribution in [0, 0.1) is 11.3 Å². The van der Waals surface area contributed by atoms with E-state index in [-0.39, 0.29) is 5.91 Å². The number of carbonyl (C=O) groups excluding carboxylic acids is 1. The number of carbonyl (C=O) groups is 1. The van der Waals surface area contributed by atoms with Crippen molar-refractivity contribution in [2.75, 3.05) is 12.8 Å². The van der Waals surface area contributed by atoms with E-state index < -0.39 is 5.54 Å². The zero-order valence-corrected chi connectivity index (χ0v) is 13.0. The van der Waals surface area contributed by atoms with Crippen molar-refractivity contribution in [2.24, 2.45) is 0 Å². The molecule has 1 amide bonds.